The summed E-state index contributed by atoms with van der Waals surface area (Å²) >= 11 is -1.23. The lowest BCUT2D eigenvalue weighted by atomic mass is 9.95. The first-order valence-corrected chi connectivity index (χ1v) is 16.0. The monoisotopic (exact) mass is 614 g/mol. The number of nitrogens with zero attached hydrogens (tertiary/aromatic N) is 3. The van der Waals surface area contributed by atoms with E-state index in [2.05, 4.69) is 35.3 Å². The summed E-state index contributed by atoms with van der Waals surface area (Å²) in [5.74, 6) is -0.615. The number of carbonyl (C=O) groups excluding carboxylic acids is 1. The number of benzene rings is 3. The molecule has 43 heavy (non-hydrogen) atoms. The normalized spacial score (nSPS) is 13.7. The van der Waals surface area contributed by atoms with Crippen LogP contribution in [0.25, 0.3) is 27.5 Å². The highest BCUT2D eigenvalue weighted by Crippen LogP contribution is 2.39. The van der Waals surface area contributed by atoms with E-state index in [1.165, 1.54) is 29.0 Å². The number of esters is 1. The van der Waals surface area contributed by atoms with Crippen molar-refractivity contribution in [1.82, 2.24) is 14.8 Å². The Morgan fingerprint density at radius 2 is 1.86 bits per heavy atom. The summed E-state index contributed by atoms with van der Waals surface area (Å²) < 4.78 is 45.1. The lowest BCUT2D eigenvalue weighted by Gasteiger charge is -2.11. The van der Waals surface area contributed by atoms with Crippen LogP contribution in [0.3, 0.4) is 0 Å². The van der Waals surface area contributed by atoms with E-state index in [9.17, 15) is 13.6 Å². The molecule has 0 bridgehead atoms. The quantitative estimate of drug-likeness (QED) is 0.123. The molecule has 1 aliphatic carbocycles. The van der Waals surface area contributed by atoms with E-state index < -0.39 is 22.9 Å². The number of aryl methyl sites for hydroxylation is 1. The summed E-state index contributed by atoms with van der Waals surface area (Å²) in [5.41, 5.74) is 7.14. The van der Waals surface area contributed by atoms with Crippen LogP contribution in [-0.2, 0) is 28.7 Å². The van der Waals surface area contributed by atoms with Gasteiger partial charge >= 0.3 is 5.97 Å². The van der Waals surface area contributed by atoms with Crippen LogP contribution in [0, 0.1) is 18.7 Å². The molecule has 0 radical (unpaired) electrons. The summed E-state index contributed by atoms with van der Waals surface area (Å²) in [6.07, 6.45) is 3.11. The van der Waals surface area contributed by atoms with Gasteiger partial charge in [0.05, 0.1) is 18.0 Å². The van der Waals surface area contributed by atoms with E-state index in [1.807, 2.05) is 25.1 Å². The van der Waals surface area contributed by atoms with E-state index in [4.69, 9.17) is 9.84 Å². The zero-order chi connectivity index (χ0) is 30.1. The SMILES string of the molecule is CCOC(=O)c1csc(-n2nc(-c3cccc(-c4ccc(C)cc4)c3)c(Cc3ccc(S(=O)[O-])cc3F)c2CC2CC2)n1. The molecule has 3 aromatic carbocycles. The van der Waals surface area contributed by atoms with Crippen molar-refractivity contribution in [2.45, 2.75) is 44.4 Å². The van der Waals surface area contributed by atoms with Crippen LogP contribution < -0.4 is 0 Å². The van der Waals surface area contributed by atoms with Gasteiger partial charge in [0.15, 0.2) is 5.69 Å². The summed E-state index contributed by atoms with van der Waals surface area (Å²) in [5, 5.41) is 7.25. The van der Waals surface area contributed by atoms with Crippen LogP contribution >= 0.6 is 11.3 Å². The molecule has 2 aromatic heterocycles. The van der Waals surface area contributed by atoms with Gasteiger partial charge in [0.25, 0.3) is 0 Å². The van der Waals surface area contributed by atoms with E-state index in [0.29, 0.717) is 22.3 Å². The van der Waals surface area contributed by atoms with Crippen molar-refractivity contribution in [2.24, 2.45) is 5.92 Å². The van der Waals surface area contributed by atoms with Crippen LogP contribution in [0.4, 0.5) is 4.39 Å². The number of halogens is 1. The third kappa shape index (κ3) is 6.36. The second-order valence-corrected chi connectivity index (χ2v) is 12.5. The van der Waals surface area contributed by atoms with Crippen molar-refractivity contribution >= 4 is 28.4 Å². The van der Waals surface area contributed by atoms with Gasteiger partial charge in [0, 0.05) is 27.8 Å². The first kappa shape index (κ1) is 29.1. The average Bonchev–Trinajstić information content (AvgIpc) is 3.56. The molecule has 1 unspecified atom stereocenters. The van der Waals surface area contributed by atoms with Gasteiger partial charge in [-0.2, -0.15) is 5.10 Å². The summed E-state index contributed by atoms with van der Waals surface area (Å²) in [4.78, 5) is 16.9. The highest BCUT2D eigenvalue weighted by Gasteiger charge is 2.30. The topological polar surface area (TPSA) is 97.1 Å². The Morgan fingerprint density at radius 3 is 2.56 bits per heavy atom. The molecule has 2 heterocycles. The second kappa shape index (κ2) is 12.3. The van der Waals surface area contributed by atoms with E-state index in [-0.39, 0.29) is 23.6 Å². The smallest absolute Gasteiger partial charge is 0.357 e. The zero-order valence-electron chi connectivity index (χ0n) is 23.7. The van der Waals surface area contributed by atoms with Crippen molar-refractivity contribution < 1.29 is 22.7 Å². The van der Waals surface area contributed by atoms with Crippen LogP contribution in [0.2, 0.25) is 0 Å². The Labute approximate surface area is 255 Å². The molecule has 0 saturated heterocycles. The standard InChI is InChI=1S/C33H30FN3O4S2/c1-3-41-32(38)29-19-42-33(35-29)37-30(15-21-9-10-21)27(17-24-13-14-26(43(39)40)18-28(24)34)31(36-37)25-6-4-5-23(16-25)22-11-7-20(2)8-12-22/h4-8,11-14,16,18-19,21H,3,9-10,15,17H2,1-2H3,(H,39,40)/p-1. The minimum atomic E-state index is -2.53. The van der Waals surface area contributed by atoms with E-state index >= 15 is 4.39 Å². The molecule has 6 rings (SSSR count). The van der Waals surface area contributed by atoms with E-state index in [1.54, 1.807) is 17.0 Å². The molecule has 1 saturated carbocycles. The number of aromatic nitrogens is 3. The van der Waals surface area contributed by atoms with Crippen LogP contribution in [0.15, 0.2) is 77.0 Å². The Bertz CT molecular complexity index is 1830. The number of hydrogen-bond donors (Lipinski definition) is 0. The fourth-order valence-corrected chi connectivity index (χ4v) is 6.23. The molecule has 0 N–H and O–H groups in total. The van der Waals surface area contributed by atoms with Gasteiger partial charge in [-0.25, -0.2) is 18.9 Å². The lowest BCUT2D eigenvalue weighted by molar-refractivity contribution is 0.0520. The Balaban J connectivity index is 1.51. The fraction of sp³-hybridized carbons (Fsp3) is 0.242. The predicted molar refractivity (Wildman–Crippen MR) is 164 cm³/mol. The highest BCUT2D eigenvalue weighted by molar-refractivity contribution is 7.79. The minimum absolute atomic E-state index is 0.101. The maximum absolute atomic E-state index is 15.3. The van der Waals surface area contributed by atoms with Crippen LogP contribution in [0.5, 0.6) is 0 Å². The molecule has 0 aliphatic heterocycles. The van der Waals surface area contributed by atoms with Gasteiger partial charge in [-0.1, -0.05) is 54.1 Å². The van der Waals surface area contributed by atoms with Crippen molar-refractivity contribution in [1.29, 1.82) is 0 Å². The maximum atomic E-state index is 15.3. The van der Waals surface area contributed by atoms with Crippen molar-refractivity contribution in [2.75, 3.05) is 6.61 Å². The summed E-state index contributed by atoms with van der Waals surface area (Å²) in [6, 6.07) is 20.4. The molecule has 0 spiro atoms. The number of rotatable bonds is 10. The van der Waals surface area contributed by atoms with Gasteiger partial charge in [-0.15, -0.1) is 11.3 Å². The number of carbonyl (C=O) groups is 1. The molecule has 0 amide bonds. The average molecular weight is 615 g/mol. The number of ether oxygens (including phenoxy) is 1. The fourth-order valence-electron chi connectivity index (χ4n) is 5.08. The molecule has 220 valence electrons. The molecular weight excluding hydrogens is 586 g/mol. The third-order valence-electron chi connectivity index (χ3n) is 7.53. The van der Waals surface area contributed by atoms with Crippen molar-refractivity contribution in [3.05, 3.63) is 106 Å². The van der Waals surface area contributed by atoms with Crippen LogP contribution in [-0.4, -0.2) is 36.1 Å². The van der Waals surface area contributed by atoms with Gasteiger partial charge < -0.3 is 9.29 Å². The van der Waals surface area contributed by atoms with Crippen LogP contribution in [0.1, 0.15) is 52.6 Å². The second-order valence-electron chi connectivity index (χ2n) is 10.7. The molecule has 10 heteroatoms. The molecular formula is C33H29FN3O4S2-. The summed E-state index contributed by atoms with van der Waals surface area (Å²) in [6.45, 7) is 4.04. The molecule has 1 aliphatic rings. The third-order valence-corrected chi connectivity index (χ3v) is 8.99. The highest BCUT2D eigenvalue weighted by atomic mass is 32.2. The molecule has 1 atom stereocenters. The Kier molecular flexibility index (Phi) is 8.34. The number of hydrogen-bond acceptors (Lipinski definition) is 7. The van der Waals surface area contributed by atoms with Gasteiger partial charge in [-0.05, 0) is 85.0 Å². The largest absolute Gasteiger partial charge is 0.768 e. The lowest BCUT2D eigenvalue weighted by Crippen LogP contribution is -2.08. The predicted octanol–water partition coefficient (Wildman–Crippen LogP) is 7.07. The molecule has 7 nitrogen and oxygen atoms in total. The first-order valence-electron chi connectivity index (χ1n) is 14.1. The van der Waals surface area contributed by atoms with Gasteiger partial charge in [-0.3, -0.25) is 4.21 Å². The molecule has 1 fully saturated rings. The van der Waals surface area contributed by atoms with Crippen molar-refractivity contribution in [3.63, 3.8) is 0 Å². The zero-order valence-corrected chi connectivity index (χ0v) is 25.3. The summed E-state index contributed by atoms with van der Waals surface area (Å²) in [7, 11) is 0. The minimum Gasteiger partial charge on any atom is -0.768 e. The van der Waals surface area contributed by atoms with E-state index in [0.717, 1.165) is 53.3 Å². The van der Waals surface area contributed by atoms with Gasteiger partial charge in [0.1, 0.15) is 5.82 Å². The molecule has 5 aromatic rings. The first-order chi connectivity index (χ1) is 20.8. The number of thiazole rings is 1. The maximum Gasteiger partial charge on any atom is 0.357 e. The van der Waals surface area contributed by atoms with Gasteiger partial charge in [0.2, 0.25) is 5.13 Å². The Hall–Kier alpha value is -3.99. The van der Waals surface area contributed by atoms with Crippen molar-refractivity contribution in [3.8, 4) is 27.5 Å². The Morgan fingerprint density at radius 1 is 1.09 bits per heavy atom.